The van der Waals surface area contributed by atoms with E-state index in [2.05, 4.69) is 27.4 Å². The second-order valence-electron chi connectivity index (χ2n) is 7.24. The molecular weight excluding hydrogens is 259 g/mol. The van der Waals surface area contributed by atoms with Crippen LogP contribution in [0.2, 0.25) is 0 Å². The molecule has 0 aliphatic heterocycles. The van der Waals surface area contributed by atoms with Crippen LogP contribution in [0.5, 0.6) is 0 Å². The Morgan fingerprint density at radius 1 is 0.450 bits per heavy atom. The van der Waals surface area contributed by atoms with Gasteiger partial charge in [-0.25, -0.2) is 0 Å². The molecule has 0 nitrogen and oxygen atoms in total. The van der Waals surface area contributed by atoms with Gasteiger partial charge in [-0.2, -0.15) is 0 Å². The predicted octanol–water partition coefficient (Wildman–Crippen LogP) is 7.11. The third kappa shape index (κ3) is 12.2. The van der Waals surface area contributed by atoms with Crippen molar-refractivity contribution in [1.29, 1.82) is 0 Å². The van der Waals surface area contributed by atoms with Crippen LogP contribution in [-0.4, -0.2) is 25.2 Å². The average molecular weight is 303 g/mol. The summed E-state index contributed by atoms with van der Waals surface area (Å²) in [5.41, 5.74) is 0. The molecule has 0 aliphatic carbocycles. The van der Waals surface area contributed by atoms with Crippen molar-refractivity contribution in [1.82, 2.24) is 0 Å². The molecule has 0 radical (unpaired) electrons. The molecule has 0 rings (SSSR count). The third-order valence-corrected chi connectivity index (χ3v) is 9.58. The van der Waals surface area contributed by atoms with Gasteiger partial charge in [0.05, 0.1) is 0 Å². The van der Waals surface area contributed by atoms with Crippen LogP contribution in [-0.2, 0) is 0 Å². The summed E-state index contributed by atoms with van der Waals surface area (Å²) in [4.78, 5) is 0. The van der Waals surface area contributed by atoms with Gasteiger partial charge in [0.25, 0.3) is 0 Å². The monoisotopic (exact) mass is 302 g/mol. The van der Waals surface area contributed by atoms with Crippen molar-refractivity contribution in [3.63, 3.8) is 0 Å². The number of unbranched alkanes of at least 4 members (excludes halogenated alkanes) is 9. The second kappa shape index (κ2) is 14.4. The number of hydrogen-bond donors (Lipinski definition) is 0. The molecule has 1 heteroatoms. The fourth-order valence-electron chi connectivity index (χ4n) is 3.31. The Bertz CT molecular complexity index is 157. The van der Waals surface area contributed by atoms with E-state index in [1.54, 1.807) is 18.5 Å². The van der Waals surface area contributed by atoms with Crippen LogP contribution in [0, 0.1) is 0 Å². The molecular formula is C19H43P. The Hall–Kier alpha value is 0.430. The van der Waals surface area contributed by atoms with Gasteiger partial charge in [0.2, 0.25) is 0 Å². The van der Waals surface area contributed by atoms with Gasteiger partial charge in [0, 0.05) is 0 Å². The van der Waals surface area contributed by atoms with E-state index < -0.39 is 7.26 Å². The van der Waals surface area contributed by atoms with E-state index in [1.807, 2.05) is 0 Å². The molecule has 0 N–H and O–H groups in total. The maximum absolute atomic E-state index is 2.72. The fourth-order valence-corrected chi connectivity index (χ4v) is 7.37. The summed E-state index contributed by atoms with van der Waals surface area (Å²) in [6.45, 7) is 9.70. The molecule has 0 aromatic heterocycles. The number of rotatable bonds is 15. The van der Waals surface area contributed by atoms with Crippen LogP contribution in [0.25, 0.3) is 0 Å². The van der Waals surface area contributed by atoms with Crippen LogP contribution >= 0.6 is 7.26 Å². The number of hydrogen-bond acceptors (Lipinski definition) is 0. The Morgan fingerprint density at radius 3 is 1.00 bits per heavy atom. The van der Waals surface area contributed by atoms with Gasteiger partial charge in [-0.3, -0.25) is 0 Å². The normalized spacial score (nSPS) is 12.8. The van der Waals surface area contributed by atoms with E-state index in [9.17, 15) is 0 Å². The van der Waals surface area contributed by atoms with Gasteiger partial charge < -0.3 is 0 Å². The maximum atomic E-state index is 2.72. The van der Waals surface area contributed by atoms with Gasteiger partial charge in [0.1, 0.15) is 0 Å². The van der Waals surface area contributed by atoms with Gasteiger partial charge in [-0.1, -0.05) is 0 Å². The van der Waals surface area contributed by atoms with Crippen LogP contribution in [0.1, 0.15) is 97.8 Å². The Labute approximate surface area is 130 Å². The van der Waals surface area contributed by atoms with Crippen molar-refractivity contribution in [2.24, 2.45) is 0 Å². The van der Waals surface area contributed by atoms with Crippen molar-refractivity contribution in [3.8, 4) is 0 Å². The summed E-state index contributed by atoms with van der Waals surface area (Å²) in [6, 6.07) is 0. The van der Waals surface area contributed by atoms with Crippen LogP contribution in [0.3, 0.4) is 0 Å². The van der Waals surface area contributed by atoms with E-state index in [1.165, 1.54) is 77.0 Å². The summed E-state index contributed by atoms with van der Waals surface area (Å²) in [7, 11) is -0.899. The van der Waals surface area contributed by atoms with Crippen molar-refractivity contribution < 1.29 is 0 Å². The SMILES string of the molecule is CCCCCC[PH](C)(CCCCCC)CCCCCC. The van der Waals surface area contributed by atoms with Crippen LogP contribution < -0.4 is 0 Å². The molecule has 0 spiro atoms. The summed E-state index contributed by atoms with van der Waals surface area (Å²) >= 11 is 0. The molecule has 124 valence electrons. The van der Waals surface area contributed by atoms with Crippen molar-refractivity contribution >= 4 is 7.26 Å². The van der Waals surface area contributed by atoms with Crippen molar-refractivity contribution in [2.45, 2.75) is 97.8 Å². The molecule has 0 aromatic carbocycles. The Morgan fingerprint density at radius 2 is 0.750 bits per heavy atom. The van der Waals surface area contributed by atoms with Crippen LogP contribution in [0.4, 0.5) is 0 Å². The van der Waals surface area contributed by atoms with E-state index in [0.29, 0.717) is 0 Å². The predicted molar refractivity (Wildman–Crippen MR) is 101 cm³/mol. The van der Waals surface area contributed by atoms with E-state index in [4.69, 9.17) is 0 Å². The van der Waals surface area contributed by atoms with E-state index >= 15 is 0 Å². The molecule has 0 heterocycles. The fraction of sp³-hybridized carbons (Fsp3) is 1.00. The molecule has 0 aromatic rings. The zero-order valence-corrected chi connectivity index (χ0v) is 16.1. The zero-order valence-electron chi connectivity index (χ0n) is 15.1. The summed E-state index contributed by atoms with van der Waals surface area (Å²) in [5, 5.41) is 0. The second-order valence-corrected chi connectivity index (χ2v) is 12.4. The first kappa shape index (κ1) is 20.4. The Balaban J connectivity index is 3.98. The molecule has 0 aliphatic rings. The topological polar surface area (TPSA) is 0 Å². The van der Waals surface area contributed by atoms with Gasteiger partial charge in [-0.15, -0.1) is 0 Å². The molecule has 0 amide bonds. The quantitative estimate of drug-likeness (QED) is 0.223. The van der Waals surface area contributed by atoms with E-state index in [-0.39, 0.29) is 0 Å². The minimum absolute atomic E-state index is 0.899. The molecule has 0 bridgehead atoms. The zero-order chi connectivity index (χ0) is 15.1. The van der Waals surface area contributed by atoms with Crippen LogP contribution in [0.15, 0.2) is 0 Å². The van der Waals surface area contributed by atoms with Gasteiger partial charge >= 0.3 is 130 Å². The Kier molecular flexibility index (Phi) is 14.7. The van der Waals surface area contributed by atoms with Gasteiger partial charge in [-0.05, 0) is 0 Å². The first-order valence-corrected chi connectivity index (χ1v) is 12.8. The molecule has 0 saturated carbocycles. The summed E-state index contributed by atoms with van der Waals surface area (Å²) < 4.78 is 0. The summed E-state index contributed by atoms with van der Waals surface area (Å²) in [6.07, 6.45) is 22.4. The average Bonchev–Trinajstić information content (AvgIpc) is 2.45. The molecule has 0 saturated heterocycles. The minimum atomic E-state index is -0.899. The molecule has 20 heavy (non-hydrogen) atoms. The first-order valence-electron chi connectivity index (χ1n) is 9.68. The molecule has 0 unspecified atom stereocenters. The summed E-state index contributed by atoms with van der Waals surface area (Å²) in [5.74, 6) is 0. The van der Waals surface area contributed by atoms with Crippen molar-refractivity contribution in [2.75, 3.05) is 25.2 Å². The molecule has 0 atom stereocenters. The standard InChI is InChI=1S/C19H43P/c1-5-8-11-14-17-20(4,18-15-12-9-6-2)19-16-13-10-7-3/h20H,5-19H2,1-4H3. The van der Waals surface area contributed by atoms with Crippen molar-refractivity contribution in [3.05, 3.63) is 0 Å². The molecule has 0 fully saturated rings. The van der Waals surface area contributed by atoms with Gasteiger partial charge in [0.15, 0.2) is 0 Å². The third-order valence-electron chi connectivity index (χ3n) is 4.90. The van der Waals surface area contributed by atoms with E-state index in [0.717, 1.165) is 0 Å². The first-order chi connectivity index (χ1) is 9.68.